The van der Waals surface area contributed by atoms with Gasteiger partial charge in [-0.3, -0.25) is 0 Å². The summed E-state index contributed by atoms with van der Waals surface area (Å²) in [5.41, 5.74) is 2.03. The molecule has 0 saturated carbocycles. The van der Waals surface area contributed by atoms with Crippen LogP contribution in [0.2, 0.25) is 0 Å². The topological polar surface area (TPSA) is 76.5 Å². The number of rotatable bonds is 8. The van der Waals surface area contributed by atoms with Crippen molar-refractivity contribution < 1.29 is 9.47 Å². The van der Waals surface area contributed by atoms with E-state index in [1.807, 2.05) is 51.1 Å². The molecule has 1 fully saturated rings. The summed E-state index contributed by atoms with van der Waals surface area (Å²) in [5, 5.41) is 0. The van der Waals surface area contributed by atoms with E-state index in [4.69, 9.17) is 14.5 Å². The van der Waals surface area contributed by atoms with Crippen LogP contribution in [-0.4, -0.2) is 67.4 Å². The van der Waals surface area contributed by atoms with E-state index in [1.165, 1.54) is 12.8 Å². The molecule has 1 aliphatic heterocycles. The van der Waals surface area contributed by atoms with Crippen LogP contribution >= 0.6 is 0 Å². The Labute approximate surface area is 172 Å². The molecule has 0 amide bonds. The fraction of sp³-hybridized carbons (Fsp3) is 0.524. The van der Waals surface area contributed by atoms with Crippen molar-refractivity contribution in [2.24, 2.45) is 0 Å². The second-order valence-electron chi connectivity index (χ2n) is 7.30. The van der Waals surface area contributed by atoms with Crippen LogP contribution in [0.15, 0.2) is 6.07 Å². The predicted molar refractivity (Wildman–Crippen MR) is 116 cm³/mol. The minimum Gasteiger partial charge on any atom is -0.475 e. The Kier molecular flexibility index (Phi) is 6.98. The van der Waals surface area contributed by atoms with Gasteiger partial charge in [-0.1, -0.05) is 0 Å². The van der Waals surface area contributed by atoms with Gasteiger partial charge in [0.1, 0.15) is 18.2 Å². The van der Waals surface area contributed by atoms with E-state index in [-0.39, 0.29) is 0 Å². The summed E-state index contributed by atoms with van der Waals surface area (Å²) in [5.74, 6) is 3.56. The Morgan fingerprint density at radius 1 is 1.00 bits per heavy atom. The maximum atomic E-state index is 5.75. The van der Waals surface area contributed by atoms with Crippen molar-refractivity contribution in [3.8, 4) is 5.88 Å². The van der Waals surface area contributed by atoms with E-state index in [0.717, 1.165) is 36.0 Å². The highest BCUT2D eigenvalue weighted by Gasteiger charge is 2.16. The molecule has 0 spiro atoms. The highest BCUT2D eigenvalue weighted by molar-refractivity contribution is 5.65. The zero-order valence-corrected chi connectivity index (χ0v) is 18.0. The fourth-order valence-corrected chi connectivity index (χ4v) is 3.21. The molecular formula is C21H30N6O2. The summed E-state index contributed by atoms with van der Waals surface area (Å²) in [4.78, 5) is 22.7. The molecule has 0 atom stereocenters. The third-order valence-corrected chi connectivity index (χ3v) is 4.86. The van der Waals surface area contributed by atoms with Gasteiger partial charge in [-0.2, -0.15) is 4.98 Å². The molecular weight excluding hydrogens is 368 g/mol. The number of aryl methyl sites for hydroxylation is 1. The lowest BCUT2D eigenvalue weighted by molar-refractivity contribution is 0.143. The first-order valence-electron chi connectivity index (χ1n) is 9.94. The van der Waals surface area contributed by atoms with Gasteiger partial charge in [0.2, 0.25) is 5.88 Å². The third kappa shape index (κ3) is 5.41. The highest BCUT2D eigenvalue weighted by atomic mass is 16.5. The van der Waals surface area contributed by atoms with Crippen LogP contribution < -0.4 is 14.5 Å². The van der Waals surface area contributed by atoms with E-state index in [9.17, 15) is 0 Å². The van der Waals surface area contributed by atoms with Crippen molar-refractivity contribution >= 4 is 23.8 Å². The van der Waals surface area contributed by atoms with Crippen molar-refractivity contribution in [1.82, 2.24) is 19.9 Å². The van der Waals surface area contributed by atoms with Crippen LogP contribution in [0.4, 0.5) is 11.6 Å². The van der Waals surface area contributed by atoms with Gasteiger partial charge in [0.05, 0.1) is 6.61 Å². The lowest BCUT2D eigenvalue weighted by Crippen LogP contribution is -2.20. The van der Waals surface area contributed by atoms with Crippen LogP contribution in [-0.2, 0) is 4.74 Å². The first kappa shape index (κ1) is 21.0. The van der Waals surface area contributed by atoms with Gasteiger partial charge in [-0.25, -0.2) is 15.0 Å². The normalized spacial score (nSPS) is 14.0. The molecule has 3 rings (SSSR count). The van der Waals surface area contributed by atoms with Gasteiger partial charge >= 0.3 is 0 Å². The lowest BCUT2D eigenvalue weighted by Gasteiger charge is -2.17. The maximum Gasteiger partial charge on any atom is 0.219 e. The Morgan fingerprint density at radius 2 is 1.69 bits per heavy atom. The fourth-order valence-electron chi connectivity index (χ4n) is 3.21. The van der Waals surface area contributed by atoms with Crippen LogP contribution in [0.5, 0.6) is 5.88 Å². The van der Waals surface area contributed by atoms with Crippen molar-refractivity contribution in [2.75, 3.05) is 57.3 Å². The second-order valence-corrected chi connectivity index (χ2v) is 7.30. The SMILES string of the molecule is COCCOc1cc(N2CCCC2)nc(/C=C/c2nc(C)c(C)c(N(C)C)n2)n1. The number of hydrogen-bond acceptors (Lipinski definition) is 8. The summed E-state index contributed by atoms with van der Waals surface area (Å²) in [7, 11) is 5.61. The summed E-state index contributed by atoms with van der Waals surface area (Å²) in [6, 6.07) is 1.90. The van der Waals surface area contributed by atoms with Gasteiger partial charge in [-0.15, -0.1) is 0 Å². The van der Waals surface area contributed by atoms with Crippen LogP contribution in [0, 0.1) is 13.8 Å². The standard InChI is InChI=1S/C21H30N6O2/c1-15-16(2)22-17(25-21(15)26(3)4)8-9-18-23-19(27-10-6-7-11-27)14-20(24-18)29-13-12-28-5/h8-9,14H,6-7,10-13H2,1-5H3/b9-8+. The van der Waals surface area contributed by atoms with Gasteiger partial charge in [0.25, 0.3) is 0 Å². The smallest absolute Gasteiger partial charge is 0.219 e. The Hall–Kier alpha value is -2.74. The minimum absolute atomic E-state index is 0.447. The first-order chi connectivity index (χ1) is 14.0. The number of aromatic nitrogens is 4. The molecule has 0 unspecified atom stereocenters. The summed E-state index contributed by atoms with van der Waals surface area (Å²) >= 11 is 0. The lowest BCUT2D eigenvalue weighted by atomic mass is 10.2. The highest BCUT2D eigenvalue weighted by Crippen LogP contribution is 2.23. The van der Waals surface area contributed by atoms with Crippen molar-refractivity contribution in [1.29, 1.82) is 0 Å². The molecule has 0 aliphatic carbocycles. The predicted octanol–water partition coefficient (Wildman–Crippen LogP) is 2.75. The zero-order valence-electron chi connectivity index (χ0n) is 18.0. The number of ether oxygens (including phenoxy) is 2. The molecule has 0 aromatic carbocycles. The second kappa shape index (κ2) is 9.65. The Balaban J connectivity index is 1.88. The minimum atomic E-state index is 0.447. The van der Waals surface area contributed by atoms with E-state index in [0.29, 0.717) is 30.7 Å². The van der Waals surface area contributed by atoms with E-state index < -0.39 is 0 Å². The first-order valence-corrected chi connectivity index (χ1v) is 9.94. The molecule has 8 heteroatoms. The number of hydrogen-bond donors (Lipinski definition) is 0. The molecule has 8 nitrogen and oxygen atoms in total. The largest absolute Gasteiger partial charge is 0.475 e. The number of methoxy groups -OCH3 is 1. The van der Waals surface area contributed by atoms with E-state index in [1.54, 1.807) is 7.11 Å². The molecule has 1 saturated heterocycles. The molecule has 0 radical (unpaired) electrons. The van der Waals surface area contributed by atoms with Crippen molar-refractivity contribution in [3.05, 3.63) is 29.0 Å². The molecule has 3 heterocycles. The zero-order chi connectivity index (χ0) is 20.8. The number of nitrogens with zero attached hydrogens (tertiary/aromatic N) is 6. The number of anilines is 2. The van der Waals surface area contributed by atoms with Crippen molar-refractivity contribution in [2.45, 2.75) is 26.7 Å². The average molecular weight is 399 g/mol. The van der Waals surface area contributed by atoms with E-state index >= 15 is 0 Å². The maximum absolute atomic E-state index is 5.75. The molecule has 1 aliphatic rings. The van der Waals surface area contributed by atoms with Crippen LogP contribution in [0.1, 0.15) is 35.7 Å². The Bertz CT molecular complexity index is 862. The summed E-state index contributed by atoms with van der Waals surface area (Å²) in [6.07, 6.45) is 6.05. The molecule has 2 aromatic heterocycles. The Morgan fingerprint density at radius 3 is 2.34 bits per heavy atom. The van der Waals surface area contributed by atoms with Gasteiger partial charge in [-0.05, 0) is 38.8 Å². The van der Waals surface area contributed by atoms with Crippen molar-refractivity contribution in [3.63, 3.8) is 0 Å². The summed E-state index contributed by atoms with van der Waals surface area (Å²) < 4.78 is 10.8. The van der Waals surface area contributed by atoms with Crippen LogP contribution in [0.25, 0.3) is 12.2 Å². The van der Waals surface area contributed by atoms with Crippen LogP contribution in [0.3, 0.4) is 0 Å². The molecule has 0 bridgehead atoms. The van der Waals surface area contributed by atoms with E-state index in [2.05, 4.69) is 19.9 Å². The monoisotopic (exact) mass is 398 g/mol. The summed E-state index contributed by atoms with van der Waals surface area (Å²) in [6.45, 7) is 6.99. The van der Waals surface area contributed by atoms with Gasteiger partial charge < -0.3 is 19.3 Å². The molecule has 2 aromatic rings. The van der Waals surface area contributed by atoms with Gasteiger partial charge in [0.15, 0.2) is 11.6 Å². The van der Waals surface area contributed by atoms with Gasteiger partial charge in [0, 0.05) is 51.6 Å². The quantitative estimate of drug-likeness (QED) is 0.628. The third-order valence-electron chi connectivity index (χ3n) is 4.86. The molecule has 0 N–H and O–H groups in total. The molecule has 156 valence electrons. The average Bonchev–Trinajstić information content (AvgIpc) is 3.23. The molecule has 29 heavy (non-hydrogen) atoms.